The summed E-state index contributed by atoms with van der Waals surface area (Å²) in [5.41, 5.74) is 5.35. The lowest BCUT2D eigenvalue weighted by Gasteiger charge is -2.36. The van der Waals surface area contributed by atoms with Crippen molar-refractivity contribution in [2.75, 3.05) is 5.32 Å². The predicted octanol–water partition coefficient (Wildman–Crippen LogP) is 11.6. The van der Waals surface area contributed by atoms with E-state index in [0.29, 0.717) is 37.3 Å². The monoisotopic (exact) mass is 730 g/mol. The Morgan fingerprint density at radius 3 is 2.00 bits per heavy atom. The molecule has 0 unspecified atom stereocenters. The van der Waals surface area contributed by atoms with Crippen molar-refractivity contribution in [1.29, 1.82) is 0 Å². The smallest absolute Gasteiger partial charge is 0.232 e. The van der Waals surface area contributed by atoms with E-state index >= 15 is 4.79 Å². The third-order valence-electron chi connectivity index (χ3n) is 9.63. The number of allylic oxidation sites excluding steroid dienone is 1. The summed E-state index contributed by atoms with van der Waals surface area (Å²) in [6.07, 6.45) is 2.11. The van der Waals surface area contributed by atoms with Gasteiger partial charge in [0.05, 0.1) is 24.1 Å². The Hall–Kier alpha value is -5.05. The van der Waals surface area contributed by atoms with E-state index in [1.54, 1.807) is 24.3 Å². The number of ether oxygens (including phenoxy) is 1. The van der Waals surface area contributed by atoms with Gasteiger partial charge < -0.3 is 19.4 Å². The first-order chi connectivity index (χ1) is 25.5. The number of amides is 1. The van der Waals surface area contributed by atoms with Crippen LogP contribution in [0.25, 0.3) is 0 Å². The molecule has 1 heterocycles. The van der Waals surface area contributed by atoms with Crippen molar-refractivity contribution in [2.24, 2.45) is 5.92 Å². The van der Waals surface area contributed by atoms with Gasteiger partial charge in [0.25, 0.3) is 0 Å². The maximum Gasteiger partial charge on any atom is 0.232 e. The topological polar surface area (TPSA) is 50.8 Å². The van der Waals surface area contributed by atoms with E-state index in [-0.39, 0.29) is 29.7 Å². The minimum Gasteiger partial charge on any atom is -0.489 e. The number of halogens is 2. The number of benzene rings is 5. The van der Waals surface area contributed by atoms with E-state index in [4.69, 9.17) is 9.16 Å². The number of likely N-dealkylation sites (tertiary alicyclic amines) is 1. The Bertz CT molecular complexity index is 1930. The van der Waals surface area contributed by atoms with Crippen LogP contribution in [0.4, 0.5) is 14.5 Å². The van der Waals surface area contributed by atoms with Crippen LogP contribution in [0.1, 0.15) is 66.1 Å². The molecule has 0 saturated carbocycles. The zero-order chi connectivity index (χ0) is 37.4. The van der Waals surface area contributed by atoms with Crippen LogP contribution in [0.5, 0.6) is 5.75 Å². The fraction of sp³-hybridized carbons (Fsp3) is 0.267. The highest BCUT2D eigenvalue weighted by molar-refractivity contribution is 6.69. The van der Waals surface area contributed by atoms with E-state index in [1.165, 1.54) is 24.3 Å². The first-order valence-electron chi connectivity index (χ1n) is 18.3. The number of hydrogen-bond acceptors (Lipinski definition) is 4. The average molecular weight is 731 g/mol. The van der Waals surface area contributed by atoms with Gasteiger partial charge in [0.2, 0.25) is 5.91 Å². The van der Waals surface area contributed by atoms with Crippen LogP contribution < -0.4 is 10.1 Å². The number of carbonyl (C=O) groups excluding carboxylic acids is 1. The highest BCUT2D eigenvalue weighted by Crippen LogP contribution is 2.43. The molecule has 1 saturated heterocycles. The molecule has 0 aliphatic carbocycles. The van der Waals surface area contributed by atoms with Gasteiger partial charge in [0, 0.05) is 11.4 Å². The van der Waals surface area contributed by atoms with Crippen molar-refractivity contribution in [3.05, 3.63) is 180 Å². The van der Waals surface area contributed by atoms with Crippen molar-refractivity contribution in [1.82, 2.24) is 4.90 Å². The fourth-order valence-electron chi connectivity index (χ4n) is 7.07. The molecule has 6 rings (SSSR count). The summed E-state index contributed by atoms with van der Waals surface area (Å²) in [7, 11) is -2.07. The van der Waals surface area contributed by atoms with E-state index in [0.717, 1.165) is 34.4 Å². The standard InChI is InChI=1S/C45H48F2N2O3Si/c1-32-15-29-42(34-13-9-6-10-14-34)49(32)45(50)41(28-30-43(52-53(2,3)4)35-16-20-37(46)21-17-35)44(48-39-24-22-38(47)23-25-39)36-18-26-40(27-19-36)51-31-33-11-7-5-8-12-33/h5-14,16-27,41-44,48H,1,15,28-31H2,2-4H3/t41-,42-,43+,44-/m1/s1. The van der Waals surface area contributed by atoms with Crippen molar-refractivity contribution in [2.45, 2.75) is 70.1 Å². The fourth-order valence-corrected chi connectivity index (χ4v) is 8.18. The van der Waals surface area contributed by atoms with Gasteiger partial charge >= 0.3 is 0 Å². The van der Waals surface area contributed by atoms with Gasteiger partial charge in [0.15, 0.2) is 8.32 Å². The molecule has 53 heavy (non-hydrogen) atoms. The van der Waals surface area contributed by atoms with Gasteiger partial charge in [-0.1, -0.05) is 91.5 Å². The van der Waals surface area contributed by atoms with Gasteiger partial charge in [-0.15, -0.1) is 0 Å². The van der Waals surface area contributed by atoms with Crippen LogP contribution in [0.3, 0.4) is 0 Å². The Morgan fingerprint density at radius 2 is 1.38 bits per heavy atom. The molecule has 0 radical (unpaired) electrons. The van der Waals surface area contributed by atoms with Gasteiger partial charge in [-0.3, -0.25) is 4.79 Å². The molecular weight excluding hydrogens is 683 g/mol. The van der Waals surface area contributed by atoms with Crippen LogP contribution >= 0.6 is 0 Å². The van der Waals surface area contributed by atoms with Crippen molar-refractivity contribution < 1.29 is 22.7 Å². The number of rotatable bonds is 15. The molecule has 1 N–H and O–H groups in total. The molecule has 1 fully saturated rings. The molecule has 8 heteroatoms. The summed E-state index contributed by atoms with van der Waals surface area (Å²) in [4.78, 5) is 17.2. The van der Waals surface area contributed by atoms with E-state index in [2.05, 4.69) is 43.7 Å². The lowest BCUT2D eigenvalue weighted by atomic mass is 9.85. The van der Waals surface area contributed by atoms with Gasteiger partial charge in [-0.05, 0) is 116 Å². The minimum atomic E-state index is -2.07. The molecule has 5 nitrogen and oxygen atoms in total. The Labute approximate surface area is 313 Å². The Balaban J connectivity index is 1.38. The van der Waals surface area contributed by atoms with Crippen molar-refractivity contribution >= 4 is 19.9 Å². The minimum absolute atomic E-state index is 0.0452. The number of carbonyl (C=O) groups is 1. The molecule has 0 spiro atoms. The largest absolute Gasteiger partial charge is 0.489 e. The molecule has 4 atom stereocenters. The summed E-state index contributed by atoms with van der Waals surface area (Å²) in [6.45, 7) is 11.2. The number of nitrogens with one attached hydrogen (secondary N) is 1. The second-order valence-electron chi connectivity index (χ2n) is 14.7. The maximum atomic E-state index is 15.3. The van der Waals surface area contributed by atoms with Crippen LogP contribution in [-0.2, 0) is 15.8 Å². The van der Waals surface area contributed by atoms with Crippen LogP contribution in [0, 0.1) is 17.6 Å². The Kier molecular flexibility index (Phi) is 12.2. The van der Waals surface area contributed by atoms with E-state index in [1.807, 2.05) is 77.7 Å². The molecule has 5 aromatic carbocycles. The third kappa shape index (κ3) is 10.1. The third-order valence-corrected chi connectivity index (χ3v) is 10.6. The molecule has 1 aliphatic heterocycles. The zero-order valence-electron chi connectivity index (χ0n) is 30.7. The molecule has 0 aromatic heterocycles. The molecule has 1 aliphatic rings. The summed E-state index contributed by atoms with van der Waals surface area (Å²) < 4.78 is 41.0. The van der Waals surface area contributed by atoms with Crippen LogP contribution in [0.15, 0.2) is 146 Å². The first kappa shape index (κ1) is 37.7. The lowest BCUT2D eigenvalue weighted by molar-refractivity contribution is -0.135. The number of hydrogen-bond donors (Lipinski definition) is 1. The van der Waals surface area contributed by atoms with Crippen LogP contribution in [-0.4, -0.2) is 19.1 Å². The second kappa shape index (κ2) is 17.2. The highest BCUT2D eigenvalue weighted by atomic mass is 28.4. The summed E-state index contributed by atoms with van der Waals surface area (Å²) in [6, 6.07) is 39.9. The number of nitrogens with zero attached hydrogens (tertiary/aromatic N) is 1. The SMILES string of the molecule is C=C1CC[C@H](c2ccccc2)N1C(=O)[C@H](CC[C@H](O[Si](C)(C)C)c1ccc(F)cc1)[C@H](Nc1ccc(F)cc1)c1ccc(OCc2ccccc2)cc1. The Morgan fingerprint density at radius 1 is 0.792 bits per heavy atom. The molecule has 0 bridgehead atoms. The lowest BCUT2D eigenvalue weighted by Crippen LogP contribution is -2.39. The van der Waals surface area contributed by atoms with Crippen molar-refractivity contribution in [3.8, 4) is 5.75 Å². The van der Waals surface area contributed by atoms with Gasteiger partial charge in [-0.25, -0.2) is 8.78 Å². The van der Waals surface area contributed by atoms with Gasteiger partial charge in [0.1, 0.15) is 24.0 Å². The van der Waals surface area contributed by atoms with Crippen molar-refractivity contribution in [3.63, 3.8) is 0 Å². The zero-order valence-corrected chi connectivity index (χ0v) is 31.7. The van der Waals surface area contributed by atoms with E-state index < -0.39 is 20.3 Å². The summed E-state index contributed by atoms with van der Waals surface area (Å²) in [5.74, 6) is -0.586. The molecule has 274 valence electrons. The summed E-state index contributed by atoms with van der Waals surface area (Å²) in [5, 5.41) is 3.63. The normalized spacial score (nSPS) is 16.2. The van der Waals surface area contributed by atoms with Crippen LogP contribution in [0.2, 0.25) is 19.6 Å². The van der Waals surface area contributed by atoms with Gasteiger partial charge in [-0.2, -0.15) is 0 Å². The second-order valence-corrected chi connectivity index (χ2v) is 19.1. The van der Waals surface area contributed by atoms with E-state index in [9.17, 15) is 8.78 Å². The predicted molar refractivity (Wildman–Crippen MR) is 211 cm³/mol. The average Bonchev–Trinajstić information content (AvgIpc) is 3.55. The molecule has 1 amide bonds. The quantitative estimate of drug-likeness (QED) is 0.109. The maximum absolute atomic E-state index is 15.3. The first-order valence-corrected chi connectivity index (χ1v) is 21.7. The molecule has 5 aromatic rings. The number of anilines is 1. The summed E-state index contributed by atoms with van der Waals surface area (Å²) >= 11 is 0. The highest BCUT2D eigenvalue weighted by Gasteiger charge is 2.40. The molecular formula is C45H48F2N2O3Si.